The van der Waals surface area contributed by atoms with Gasteiger partial charge in [0.25, 0.3) is 0 Å². The first-order valence-electron chi connectivity index (χ1n) is 16.6. The highest BCUT2D eigenvalue weighted by Crippen LogP contribution is 2.14. The Labute approximate surface area is 292 Å². The molecule has 16 N–H and O–H groups in total. The van der Waals surface area contributed by atoms with Gasteiger partial charge in [-0.25, -0.2) is 4.79 Å². The first kappa shape index (κ1) is 42.9. The predicted molar refractivity (Wildman–Crippen MR) is 188 cm³/mol. The van der Waals surface area contributed by atoms with Gasteiger partial charge in [0, 0.05) is 19.5 Å². The van der Waals surface area contributed by atoms with Crippen molar-refractivity contribution in [1.29, 1.82) is 10.8 Å². The van der Waals surface area contributed by atoms with Crippen molar-refractivity contribution in [2.24, 2.45) is 29.0 Å². The van der Waals surface area contributed by atoms with Crippen LogP contribution in [-0.4, -0.2) is 95.0 Å². The molecule has 0 bridgehead atoms. The number of aromatic hydroxyl groups is 1. The average Bonchev–Trinajstić information content (AvgIpc) is 3.05. The summed E-state index contributed by atoms with van der Waals surface area (Å²) >= 11 is 0. The minimum atomic E-state index is -1.32. The number of carboxylic acids is 1. The quantitative estimate of drug-likeness (QED) is 0.0373. The van der Waals surface area contributed by atoms with Gasteiger partial charge in [-0.2, -0.15) is 0 Å². The summed E-state index contributed by atoms with van der Waals surface area (Å²) in [7, 11) is 0. The molecule has 0 spiro atoms. The van der Waals surface area contributed by atoms with Gasteiger partial charge >= 0.3 is 5.97 Å². The third-order valence-corrected chi connectivity index (χ3v) is 8.04. The molecule has 0 unspecified atom stereocenters. The molecule has 6 atom stereocenters. The van der Waals surface area contributed by atoms with Crippen molar-refractivity contribution < 1.29 is 34.2 Å². The van der Waals surface area contributed by atoms with Crippen LogP contribution in [0.25, 0.3) is 0 Å². The van der Waals surface area contributed by atoms with Crippen LogP contribution in [0.2, 0.25) is 0 Å². The molecule has 0 aliphatic rings. The second-order valence-corrected chi connectivity index (χ2v) is 12.5. The van der Waals surface area contributed by atoms with Gasteiger partial charge in [0.1, 0.15) is 29.9 Å². The smallest absolute Gasteiger partial charge is 0.326 e. The van der Waals surface area contributed by atoms with Crippen molar-refractivity contribution in [2.75, 3.05) is 13.1 Å². The highest BCUT2D eigenvalue weighted by molar-refractivity contribution is 5.95. The van der Waals surface area contributed by atoms with Crippen LogP contribution in [0.15, 0.2) is 24.3 Å². The Morgan fingerprint density at radius 1 is 0.740 bits per heavy atom. The fraction of sp³-hybridized carbons (Fsp3) is 0.594. The number of nitrogens with one attached hydrogen (secondary N) is 8. The monoisotopic (exact) mass is 705 g/mol. The maximum absolute atomic E-state index is 13.9. The average molecular weight is 706 g/mol. The van der Waals surface area contributed by atoms with E-state index in [1.54, 1.807) is 32.9 Å². The molecule has 0 radical (unpaired) electrons. The number of carbonyl (C=O) groups excluding carboxylic acids is 4. The molecule has 0 aliphatic heterocycles. The van der Waals surface area contributed by atoms with E-state index in [4.69, 9.17) is 28.0 Å². The van der Waals surface area contributed by atoms with Crippen LogP contribution in [0.5, 0.6) is 5.75 Å². The standard InChI is InChI=1S/C32H55N11O7/c1-5-18(4)25(43-28(47)24(33)17(2)3)29(48)42-23(16-19-10-12-20(44)13-11-19)27(46)40-21(8-6-14-38-31(34)35)26(45)41-22(30(49)50)9-7-15-39-32(36)37/h10-13,17-18,21-25,44H,5-9,14-16,33H2,1-4H3,(H,40,46)(H,41,45)(H,42,48)(H,43,47)(H,49,50)(H4,34,35,38)(H4,36,37,39)/t18-,21-,22-,23-,24-,25-/m0/s1. The number of phenolic OH excluding ortho intramolecular Hbond substituents is 1. The van der Waals surface area contributed by atoms with Crippen molar-refractivity contribution in [2.45, 2.75) is 96.4 Å². The van der Waals surface area contributed by atoms with E-state index in [1.165, 1.54) is 12.1 Å². The topological polar surface area (TPSA) is 324 Å². The first-order valence-corrected chi connectivity index (χ1v) is 16.6. The van der Waals surface area contributed by atoms with Crippen LogP contribution < -0.4 is 49.1 Å². The molecule has 0 aromatic heterocycles. The van der Waals surface area contributed by atoms with Gasteiger partial charge in [-0.3, -0.25) is 30.0 Å². The van der Waals surface area contributed by atoms with Gasteiger partial charge in [0.15, 0.2) is 11.9 Å². The third-order valence-electron chi connectivity index (χ3n) is 8.04. The Kier molecular flexibility index (Phi) is 18.7. The van der Waals surface area contributed by atoms with Crippen LogP contribution in [0.3, 0.4) is 0 Å². The second kappa shape index (κ2) is 21.8. The number of hydrogen-bond donors (Lipinski definition) is 13. The third kappa shape index (κ3) is 15.8. The summed E-state index contributed by atoms with van der Waals surface area (Å²) in [6.45, 7) is 7.53. The zero-order chi connectivity index (χ0) is 38.0. The molecule has 1 aromatic carbocycles. The van der Waals surface area contributed by atoms with Gasteiger partial charge < -0.3 is 59.3 Å². The normalized spacial score (nSPS) is 14.5. The lowest BCUT2D eigenvalue weighted by Gasteiger charge is -2.29. The molecule has 1 rings (SSSR count). The summed E-state index contributed by atoms with van der Waals surface area (Å²) < 4.78 is 0. The minimum absolute atomic E-state index is 0.00334. The lowest BCUT2D eigenvalue weighted by atomic mass is 9.95. The number of hydrogen-bond acceptors (Lipinski definition) is 9. The van der Waals surface area contributed by atoms with E-state index >= 15 is 0 Å². The zero-order valence-corrected chi connectivity index (χ0v) is 29.2. The summed E-state index contributed by atoms with van der Waals surface area (Å²) in [5, 5.41) is 49.8. The van der Waals surface area contributed by atoms with Gasteiger partial charge in [-0.05, 0) is 55.2 Å². The minimum Gasteiger partial charge on any atom is -0.508 e. The lowest BCUT2D eigenvalue weighted by Crippen LogP contribution is -2.60. The summed E-state index contributed by atoms with van der Waals surface area (Å²) in [6.07, 6.45) is 0.950. The van der Waals surface area contributed by atoms with Crippen molar-refractivity contribution in [3.63, 3.8) is 0 Å². The van der Waals surface area contributed by atoms with E-state index < -0.39 is 59.8 Å². The maximum Gasteiger partial charge on any atom is 0.326 e. The van der Waals surface area contributed by atoms with Crippen LogP contribution in [-0.2, 0) is 30.4 Å². The summed E-state index contributed by atoms with van der Waals surface area (Å²) in [5.74, 6) is -5.19. The number of guanidine groups is 2. The van der Waals surface area contributed by atoms with E-state index in [1.807, 2.05) is 6.92 Å². The highest BCUT2D eigenvalue weighted by Gasteiger charge is 2.33. The Hall–Kier alpha value is -5.13. The molecule has 4 amide bonds. The Morgan fingerprint density at radius 2 is 1.22 bits per heavy atom. The number of amides is 4. The Morgan fingerprint density at radius 3 is 1.70 bits per heavy atom. The Balaban J connectivity index is 3.35. The van der Waals surface area contributed by atoms with Crippen molar-refractivity contribution in [1.82, 2.24) is 31.9 Å². The number of nitrogens with two attached hydrogens (primary N) is 3. The summed E-state index contributed by atoms with van der Waals surface area (Å²) in [5.41, 5.74) is 17.2. The second-order valence-electron chi connectivity index (χ2n) is 12.5. The Bertz CT molecular complexity index is 1310. The molecule has 1 aromatic rings. The van der Waals surface area contributed by atoms with E-state index in [2.05, 4.69) is 31.9 Å². The maximum atomic E-state index is 13.9. The zero-order valence-electron chi connectivity index (χ0n) is 29.2. The molecule has 280 valence electrons. The number of rotatable bonds is 22. The van der Waals surface area contributed by atoms with Crippen molar-refractivity contribution in [3.05, 3.63) is 29.8 Å². The fourth-order valence-corrected chi connectivity index (χ4v) is 4.72. The van der Waals surface area contributed by atoms with Crippen molar-refractivity contribution >= 4 is 41.5 Å². The SMILES string of the molecule is CC[C@H](C)[C@H](NC(=O)[C@@H](N)C(C)C)C(=O)N[C@@H](Cc1ccc(O)cc1)C(=O)N[C@@H](CCCNC(=N)N)C(=O)N[C@@H](CCCNC(=N)N)C(=O)O. The molecule has 0 saturated heterocycles. The predicted octanol–water partition coefficient (Wildman–Crippen LogP) is -1.49. The summed E-state index contributed by atoms with van der Waals surface area (Å²) in [4.78, 5) is 65.9. The first-order chi connectivity index (χ1) is 23.5. The van der Waals surface area contributed by atoms with Crippen LogP contribution in [0, 0.1) is 22.7 Å². The molecular weight excluding hydrogens is 650 g/mol. The fourth-order valence-electron chi connectivity index (χ4n) is 4.72. The van der Waals surface area contributed by atoms with Crippen LogP contribution in [0.4, 0.5) is 0 Å². The lowest BCUT2D eigenvalue weighted by molar-refractivity contribution is -0.142. The molecule has 18 heteroatoms. The van der Waals surface area contributed by atoms with Gasteiger partial charge in [0.2, 0.25) is 23.6 Å². The number of carbonyl (C=O) groups is 5. The van der Waals surface area contributed by atoms with Gasteiger partial charge in [-0.1, -0.05) is 46.2 Å². The molecule has 0 aliphatic carbocycles. The van der Waals surface area contributed by atoms with Gasteiger partial charge in [0.05, 0.1) is 6.04 Å². The number of aliphatic carboxylic acids is 1. The number of carboxylic acid groups (broad SMARTS) is 1. The van der Waals surface area contributed by atoms with Crippen molar-refractivity contribution in [3.8, 4) is 5.75 Å². The van der Waals surface area contributed by atoms with E-state index in [9.17, 15) is 34.2 Å². The van der Waals surface area contributed by atoms with E-state index in [-0.39, 0.29) is 74.7 Å². The van der Waals surface area contributed by atoms with Crippen LogP contribution >= 0.6 is 0 Å². The molecule has 0 heterocycles. The van der Waals surface area contributed by atoms with Crippen LogP contribution in [0.1, 0.15) is 65.4 Å². The largest absolute Gasteiger partial charge is 0.508 e. The highest BCUT2D eigenvalue weighted by atomic mass is 16.4. The van der Waals surface area contributed by atoms with E-state index in [0.717, 1.165) is 0 Å². The molecule has 0 fully saturated rings. The summed E-state index contributed by atoms with van der Waals surface area (Å²) in [6, 6.07) is 0.182. The van der Waals surface area contributed by atoms with Gasteiger partial charge in [-0.15, -0.1) is 0 Å². The number of benzene rings is 1. The van der Waals surface area contributed by atoms with E-state index in [0.29, 0.717) is 12.0 Å². The molecule has 18 nitrogen and oxygen atoms in total. The molecule has 0 saturated carbocycles. The number of phenols is 1. The molecular formula is C32H55N11O7. The molecule has 50 heavy (non-hydrogen) atoms.